The molecule has 0 aliphatic carbocycles. The molecule has 1 saturated heterocycles. The molecule has 6 nitrogen and oxygen atoms in total. The maximum Gasteiger partial charge on any atom is 0.329 e. The first kappa shape index (κ1) is 18.9. The van der Waals surface area contributed by atoms with E-state index in [1.165, 1.54) is 21.1 Å². The summed E-state index contributed by atoms with van der Waals surface area (Å²) in [7, 11) is 0. The van der Waals surface area contributed by atoms with E-state index in [0.717, 1.165) is 6.42 Å². The summed E-state index contributed by atoms with van der Waals surface area (Å²) in [6.07, 6.45) is 4.49. The third-order valence-corrected chi connectivity index (χ3v) is 4.77. The second-order valence-corrected chi connectivity index (χ2v) is 6.57. The van der Waals surface area contributed by atoms with Gasteiger partial charge in [-0.05, 0) is 24.3 Å². The standard InChI is InChI=1S/C18H22N2O4S/c1-3-9-19(10-4-2)16(21)13-24-18(23)14-7-5-11-20(14)17(22)15-8-6-12-25-15/h3-4,6,8,12,14H,1-2,5,7,9-11,13H2. The highest BCUT2D eigenvalue weighted by molar-refractivity contribution is 7.12. The molecule has 25 heavy (non-hydrogen) atoms. The molecule has 2 amide bonds. The van der Waals surface area contributed by atoms with Crippen LogP contribution in [0.25, 0.3) is 0 Å². The van der Waals surface area contributed by atoms with Gasteiger partial charge in [-0.2, -0.15) is 0 Å². The molecule has 0 N–H and O–H groups in total. The number of thiophene rings is 1. The van der Waals surface area contributed by atoms with Crippen molar-refractivity contribution in [3.8, 4) is 0 Å². The first-order valence-corrected chi connectivity index (χ1v) is 8.97. The fourth-order valence-corrected chi connectivity index (χ4v) is 3.39. The molecule has 0 aromatic carbocycles. The number of rotatable bonds is 8. The van der Waals surface area contributed by atoms with Crippen LogP contribution in [0.1, 0.15) is 22.5 Å². The van der Waals surface area contributed by atoms with Gasteiger partial charge in [-0.15, -0.1) is 24.5 Å². The largest absolute Gasteiger partial charge is 0.454 e. The smallest absolute Gasteiger partial charge is 0.329 e. The van der Waals surface area contributed by atoms with Gasteiger partial charge in [-0.1, -0.05) is 18.2 Å². The molecule has 7 heteroatoms. The average Bonchev–Trinajstić information content (AvgIpc) is 3.29. The zero-order chi connectivity index (χ0) is 18.2. The molecule has 0 radical (unpaired) electrons. The zero-order valence-corrected chi connectivity index (χ0v) is 14.9. The van der Waals surface area contributed by atoms with Crippen LogP contribution >= 0.6 is 11.3 Å². The van der Waals surface area contributed by atoms with Crippen LogP contribution in [0.5, 0.6) is 0 Å². The van der Waals surface area contributed by atoms with Crippen molar-refractivity contribution >= 4 is 29.1 Å². The molecule has 1 aromatic rings. The van der Waals surface area contributed by atoms with E-state index < -0.39 is 12.0 Å². The van der Waals surface area contributed by atoms with E-state index in [9.17, 15) is 14.4 Å². The van der Waals surface area contributed by atoms with Crippen LogP contribution in [0.15, 0.2) is 42.8 Å². The van der Waals surface area contributed by atoms with Gasteiger partial charge in [-0.25, -0.2) is 4.79 Å². The quantitative estimate of drug-likeness (QED) is 0.525. The highest BCUT2D eigenvalue weighted by Crippen LogP contribution is 2.23. The molecule has 2 heterocycles. The van der Waals surface area contributed by atoms with Crippen LogP contribution in [0.2, 0.25) is 0 Å². The first-order valence-electron chi connectivity index (χ1n) is 8.09. The Morgan fingerprint density at radius 3 is 2.64 bits per heavy atom. The lowest BCUT2D eigenvalue weighted by atomic mass is 10.2. The van der Waals surface area contributed by atoms with Gasteiger partial charge in [0.25, 0.3) is 11.8 Å². The monoisotopic (exact) mass is 362 g/mol. The molecule has 0 spiro atoms. The van der Waals surface area contributed by atoms with Gasteiger partial charge < -0.3 is 14.5 Å². The number of carbonyl (C=O) groups excluding carboxylic acids is 3. The summed E-state index contributed by atoms with van der Waals surface area (Å²) in [6.45, 7) is 8.08. The molecular weight excluding hydrogens is 340 g/mol. The number of amides is 2. The fourth-order valence-electron chi connectivity index (χ4n) is 2.71. The Labute approximate surface area is 151 Å². The summed E-state index contributed by atoms with van der Waals surface area (Å²) >= 11 is 1.34. The summed E-state index contributed by atoms with van der Waals surface area (Å²) in [5, 5.41) is 1.82. The van der Waals surface area contributed by atoms with Gasteiger partial charge >= 0.3 is 5.97 Å². The molecule has 1 aliphatic heterocycles. The lowest BCUT2D eigenvalue weighted by molar-refractivity contribution is -0.154. The Morgan fingerprint density at radius 2 is 2.04 bits per heavy atom. The number of esters is 1. The SMILES string of the molecule is C=CCN(CC=C)C(=O)COC(=O)C1CCCN1C(=O)c1cccs1. The van der Waals surface area contributed by atoms with Crippen molar-refractivity contribution in [1.29, 1.82) is 0 Å². The van der Waals surface area contributed by atoms with Crippen LogP contribution in [0.3, 0.4) is 0 Å². The molecule has 0 saturated carbocycles. The maximum absolute atomic E-state index is 12.5. The number of ether oxygens (including phenoxy) is 1. The van der Waals surface area contributed by atoms with Crippen molar-refractivity contribution in [2.75, 3.05) is 26.2 Å². The molecule has 134 valence electrons. The van der Waals surface area contributed by atoms with Crippen LogP contribution in [0, 0.1) is 0 Å². The van der Waals surface area contributed by atoms with Crippen molar-refractivity contribution in [2.24, 2.45) is 0 Å². The molecule has 1 aliphatic rings. The third-order valence-electron chi connectivity index (χ3n) is 3.91. The van der Waals surface area contributed by atoms with Crippen LogP contribution in [0.4, 0.5) is 0 Å². The normalized spacial score (nSPS) is 16.3. The molecule has 1 unspecified atom stereocenters. The van der Waals surface area contributed by atoms with Gasteiger partial charge in [0.2, 0.25) is 0 Å². The maximum atomic E-state index is 12.5. The van der Waals surface area contributed by atoms with Gasteiger partial charge in [0.1, 0.15) is 6.04 Å². The van der Waals surface area contributed by atoms with Crippen molar-refractivity contribution in [3.05, 3.63) is 47.7 Å². The van der Waals surface area contributed by atoms with E-state index in [4.69, 9.17) is 4.74 Å². The van der Waals surface area contributed by atoms with Crippen molar-refractivity contribution < 1.29 is 19.1 Å². The predicted molar refractivity (Wildman–Crippen MR) is 96.3 cm³/mol. The minimum Gasteiger partial charge on any atom is -0.454 e. The topological polar surface area (TPSA) is 66.9 Å². The van der Waals surface area contributed by atoms with Crippen LogP contribution < -0.4 is 0 Å². The molecule has 2 rings (SSSR count). The highest BCUT2D eigenvalue weighted by atomic mass is 32.1. The van der Waals surface area contributed by atoms with Gasteiger partial charge in [0.15, 0.2) is 6.61 Å². The summed E-state index contributed by atoms with van der Waals surface area (Å²) in [4.78, 5) is 40.5. The number of nitrogens with zero attached hydrogens (tertiary/aromatic N) is 2. The predicted octanol–water partition coefficient (Wildman–Crippen LogP) is 2.10. The highest BCUT2D eigenvalue weighted by Gasteiger charge is 2.36. The van der Waals surface area contributed by atoms with Crippen LogP contribution in [-0.2, 0) is 14.3 Å². The number of likely N-dealkylation sites (tertiary alicyclic amines) is 1. The number of carbonyl (C=O) groups is 3. The van der Waals surface area contributed by atoms with Gasteiger partial charge in [-0.3, -0.25) is 9.59 Å². The van der Waals surface area contributed by atoms with Crippen molar-refractivity contribution in [1.82, 2.24) is 9.80 Å². The zero-order valence-electron chi connectivity index (χ0n) is 14.1. The second-order valence-electron chi connectivity index (χ2n) is 5.62. The Bertz CT molecular complexity index is 632. The second kappa shape index (κ2) is 9.17. The Kier molecular flexibility index (Phi) is 6.94. The summed E-state index contributed by atoms with van der Waals surface area (Å²) in [5.74, 6) is -1.02. The van der Waals surface area contributed by atoms with E-state index in [1.807, 2.05) is 5.38 Å². The summed E-state index contributed by atoms with van der Waals surface area (Å²) in [6, 6.07) is 2.91. The van der Waals surface area contributed by atoms with E-state index in [-0.39, 0.29) is 18.4 Å². The third kappa shape index (κ3) is 4.79. The molecule has 1 atom stereocenters. The first-order chi connectivity index (χ1) is 12.1. The molecular formula is C18H22N2O4S. The summed E-state index contributed by atoms with van der Waals surface area (Å²) < 4.78 is 5.17. The van der Waals surface area contributed by atoms with E-state index >= 15 is 0 Å². The lowest BCUT2D eigenvalue weighted by Gasteiger charge is -2.23. The Morgan fingerprint density at radius 1 is 1.32 bits per heavy atom. The van der Waals surface area contributed by atoms with Gasteiger partial charge in [0, 0.05) is 19.6 Å². The molecule has 0 bridgehead atoms. The average molecular weight is 362 g/mol. The van der Waals surface area contributed by atoms with Crippen molar-refractivity contribution in [2.45, 2.75) is 18.9 Å². The van der Waals surface area contributed by atoms with E-state index in [0.29, 0.717) is 30.9 Å². The number of hydrogen-bond acceptors (Lipinski definition) is 5. The number of hydrogen-bond donors (Lipinski definition) is 0. The minimum atomic E-state index is -0.630. The lowest BCUT2D eigenvalue weighted by Crippen LogP contribution is -2.42. The van der Waals surface area contributed by atoms with Gasteiger partial charge in [0.05, 0.1) is 4.88 Å². The molecule has 1 aromatic heterocycles. The van der Waals surface area contributed by atoms with E-state index in [2.05, 4.69) is 13.2 Å². The minimum absolute atomic E-state index is 0.166. The Hall–Kier alpha value is -2.41. The molecule has 1 fully saturated rings. The Balaban J connectivity index is 1.93. The fraction of sp³-hybridized carbons (Fsp3) is 0.389. The van der Waals surface area contributed by atoms with Crippen LogP contribution in [-0.4, -0.2) is 59.9 Å². The summed E-state index contributed by atoms with van der Waals surface area (Å²) in [5.41, 5.74) is 0. The van der Waals surface area contributed by atoms with Crippen molar-refractivity contribution in [3.63, 3.8) is 0 Å². The van der Waals surface area contributed by atoms with E-state index in [1.54, 1.807) is 24.3 Å².